The number of likely N-dealkylation sites (N-methyl/N-ethyl adjacent to an activating group) is 1. The molecule has 0 atom stereocenters. The normalized spacial score (nSPS) is 10.8. The minimum atomic E-state index is -0.192. The molecule has 190 valence electrons. The Kier molecular flexibility index (Phi) is 9.18. The highest BCUT2D eigenvalue weighted by Crippen LogP contribution is 2.27. The van der Waals surface area contributed by atoms with Crippen LogP contribution in [-0.2, 0) is 4.79 Å². The number of nitrogen functional groups attached to an aromatic ring is 1. The summed E-state index contributed by atoms with van der Waals surface area (Å²) in [5.74, 6) is 1.69. The molecule has 3 aromatic rings. The smallest absolute Gasteiger partial charge is 0.258 e. The molecule has 0 fully saturated rings. The zero-order valence-corrected chi connectivity index (χ0v) is 21.0. The van der Waals surface area contributed by atoms with E-state index in [9.17, 15) is 4.79 Å². The molecule has 0 aliphatic carbocycles. The van der Waals surface area contributed by atoms with Crippen molar-refractivity contribution in [3.05, 3.63) is 54.1 Å². The van der Waals surface area contributed by atoms with Crippen molar-refractivity contribution in [1.82, 2.24) is 20.2 Å². The zero-order chi connectivity index (χ0) is 26.1. The van der Waals surface area contributed by atoms with Gasteiger partial charge in [-0.3, -0.25) is 4.79 Å². The van der Waals surface area contributed by atoms with E-state index in [-0.39, 0.29) is 18.6 Å². The second-order valence-corrected chi connectivity index (χ2v) is 8.72. The number of hydrogen-bond acceptors (Lipinski definition) is 9. The molecule has 2 aromatic carbocycles. The van der Waals surface area contributed by atoms with Crippen molar-refractivity contribution in [3.8, 4) is 23.0 Å². The molecule has 0 aliphatic heterocycles. The lowest BCUT2D eigenvalue weighted by molar-refractivity contribution is -0.123. The monoisotopic (exact) mass is 491 g/mol. The van der Waals surface area contributed by atoms with Crippen LogP contribution in [0.15, 0.2) is 48.5 Å². The standard InChI is InChI=1S/C26H33N7O3/c1-17(2)29-24(34)16-36-21-7-5-6-18(13-21)26-31-23(14-25(32-26)35-11-10-33(3)4)30-20-8-9-22(28)19(12-20)15-27/h5-9,12-15,17,27H,10-11,16,28H2,1-4H3,(H,29,34)(H,30,31,32). The highest BCUT2D eigenvalue weighted by atomic mass is 16.5. The van der Waals surface area contributed by atoms with E-state index < -0.39 is 0 Å². The van der Waals surface area contributed by atoms with Crippen LogP contribution in [0.4, 0.5) is 17.2 Å². The molecular formula is C26H33N7O3. The molecule has 0 saturated heterocycles. The maximum atomic E-state index is 11.9. The van der Waals surface area contributed by atoms with Crippen molar-refractivity contribution in [3.63, 3.8) is 0 Å². The van der Waals surface area contributed by atoms with Crippen LogP contribution in [0, 0.1) is 5.41 Å². The Morgan fingerprint density at radius 1 is 1.14 bits per heavy atom. The van der Waals surface area contributed by atoms with Crippen LogP contribution in [0.5, 0.6) is 11.6 Å². The van der Waals surface area contributed by atoms with E-state index in [0.29, 0.717) is 46.7 Å². The van der Waals surface area contributed by atoms with E-state index in [0.717, 1.165) is 12.2 Å². The Bertz CT molecular complexity index is 1200. The molecule has 3 rings (SSSR count). The van der Waals surface area contributed by atoms with Gasteiger partial charge in [-0.05, 0) is 58.3 Å². The summed E-state index contributed by atoms with van der Waals surface area (Å²) < 4.78 is 11.6. The fraction of sp³-hybridized carbons (Fsp3) is 0.308. The Hall–Kier alpha value is -4.18. The topological polar surface area (TPSA) is 138 Å². The van der Waals surface area contributed by atoms with Gasteiger partial charge in [0.1, 0.15) is 18.2 Å². The molecule has 1 amide bonds. The Morgan fingerprint density at radius 3 is 2.67 bits per heavy atom. The number of carbonyl (C=O) groups excluding carboxylic acids is 1. The van der Waals surface area contributed by atoms with E-state index in [2.05, 4.69) is 20.6 Å². The molecule has 1 heterocycles. The average molecular weight is 492 g/mol. The number of amides is 1. The first-order valence-electron chi connectivity index (χ1n) is 11.6. The highest BCUT2D eigenvalue weighted by molar-refractivity contribution is 5.87. The number of ether oxygens (including phenoxy) is 2. The summed E-state index contributed by atoms with van der Waals surface area (Å²) >= 11 is 0. The molecule has 0 saturated carbocycles. The predicted molar refractivity (Wildman–Crippen MR) is 142 cm³/mol. The highest BCUT2D eigenvalue weighted by Gasteiger charge is 2.11. The van der Waals surface area contributed by atoms with Gasteiger partial charge < -0.3 is 36.2 Å². The lowest BCUT2D eigenvalue weighted by Crippen LogP contribution is -2.34. The van der Waals surface area contributed by atoms with Gasteiger partial charge in [-0.15, -0.1) is 0 Å². The lowest BCUT2D eigenvalue weighted by atomic mass is 10.1. The Morgan fingerprint density at radius 2 is 1.94 bits per heavy atom. The van der Waals surface area contributed by atoms with Crippen molar-refractivity contribution in [2.45, 2.75) is 19.9 Å². The summed E-state index contributed by atoms with van der Waals surface area (Å²) in [4.78, 5) is 23.2. The number of nitrogens with zero attached hydrogens (tertiary/aromatic N) is 3. The molecule has 1 aromatic heterocycles. The number of carbonyl (C=O) groups is 1. The zero-order valence-electron chi connectivity index (χ0n) is 21.0. The SMILES string of the molecule is CC(C)NC(=O)COc1cccc(-c2nc(Nc3ccc(N)c(C=N)c3)cc(OCCN(C)C)n2)c1. The van der Waals surface area contributed by atoms with Gasteiger partial charge in [0, 0.05) is 47.4 Å². The summed E-state index contributed by atoms with van der Waals surface area (Å²) in [6.45, 7) is 4.88. The van der Waals surface area contributed by atoms with Crippen molar-refractivity contribution in [2.75, 3.05) is 44.9 Å². The average Bonchev–Trinajstić information content (AvgIpc) is 2.83. The van der Waals surface area contributed by atoms with Crippen molar-refractivity contribution in [2.24, 2.45) is 0 Å². The minimum absolute atomic E-state index is 0.0399. The lowest BCUT2D eigenvalue weighted by Gasteiger charge is -2.14. The fourth-order valence-corrected chi connectivity index (χ4v) is 3.19. The number of rotatable bonds is 12. The number of anilines is 3. The van der Waals surface area contributed by atoms with Crippen LogP contribution in [0.25, 0.3) is 11.4 Å². The molecule has 0 spiro atoms. The van der Waals surface area contributed by atoms with E-state index in [1.807, 2.05) is 51.0 Å². The van der Waals surface area contributed by atoms with Gasteiger partial charge in [-0.25, -0.2) is 4.98 Å². The van der Waals surface area contributed by atoms with E-state index in [1.54, 1.807) is 30.3 Å². The van der Waals surface area contributed by atoms with E-state index >= 15 is 0 Å². The van der Waals surface area contributed by atoms with Crippen LogP contribution in [0.1, 0.15) is 19.4 Å². The summed E-state index contributed by atoms with van der Waals surface area (Å²) in [7, 11) is 3.94. The van der Waals surface area contributed by atoms with Crippen LogP contribution in [0.3, 0.4) is 0 Å². The maximum Gasteiger partial charge on any atom is 0.258 e. The van der Waals surface area contributed by atoms with Gasteiger partial charge >= 0.3 is 0 Å². The quantitative estimate of drug-likeness (QED) is 0.224. The fourth-order valence-electron chi connectivity index (χ4n) is 3.19. The van der Waals surface area contributed by atoms with Crippen molar-refractivity contribution >= 4 is 29.3 Å². The predicted octanol–water partition coefficient (Wildman–Crippen LogP) is 3.31. The number of benzene rings is 2. The van der Waals surface area contributed by atoms with Crippen LogP contribution in [-0.4, -0.2) is 66.9 Å². The van der Waals surface area contributed by atoms with Gasteiger partial charge in [-0.2, -0.15) is 4.98 Å². The Labute approximate surface area is 211 Å². The summed E-state index contributed by atoms with van der Waals surface area (Å²) in [5, 5.41) is 13.6. The number of aromatic nitrogens is 2. The van der Waals surface area contributed by atoms with Crippen LogP contribution < -0.4 is 25.8 Å². The number of hydrogen-bond donors (Lipinski definition) is 4. The first-order valence-corrected chi connectivity index (χ1v) is 11.6. The molecule has 36 heavy (non-hydrogen) atoms. The summed E-state index contributed by atoms with van der Waals surface area (Å²) in [6.07, 6.45) is 1.20. The van der Waals surface area contributed by atoms with E-state index in [1.165, 1.54) is 6.21 Å². The van der Waals surface area contributed by atoms with Gasteiger partial charge in [0.05, 0.1) is 0 Å². The molecule has 0 radical (unpaired) electrons. The minimum Gasteiger partial charge on any atom is -0.484 e. The molecule has 0 unspecified atom stereocenters. The van der Waals surface area contributed by atoms with Gasteiger partial charge in [-0.1, -0.05) is 12.1 Å². The molecular weight excluding hydrogens is 458 g/mol. The first-order chi connectivity index (χ1) is 17.2. The first kappa shape index (κ1) is 26.4. The Balaban J connectivity index is 1.87. The molecule has 5 N–H and O–H groups in total. The van der Waals surface area contributed by atoms with Crippen LogP contribution in [0.2, 0.25) is 0 Å². The number of nitrogens with one attached hydrogen (secondary N) is 3. The summed E-state index contributed by atoms with van der Waals surface area (Å²) in [5.41, 5.74) is 8.46. The van der Waals surface area contributed by atoms with Crippen LogP contribution >= 0.6 is 0 Å². The van der Waals surface area contributed by atoms with Gasteiger partial charge in [0.25, 0.3) is 5.91 Å². The summed E-state index contributed by atoms with van der Waals surface area (Å²) in [6, 6.07) is 14.3. The molecule has 10 heteroatoms. The van der Waals surface area contributed by atoms with Crippen molar-refractivity contribution < 1.29 is 14.3 Å². The van der Waals surface area contributed by atoms with Crippen molar-refractivity contribution in [1.29, 1.82) is 5.41 Å². The van der Waals surface area contributed by atoms with Gasteiger partial charge in [0.15, 0.2) is 12.4 Å². The third-order valence-electron chi connectivity index (χ3n) is 4.92. The third-order valence-corrected chi connectivity index (χ3v) is 4.92. The maximum absolute atomic E-state index is 11.9. The molecule has 0 aliphatic rings. The van der Waals surface area contributed by atoms with E-state index in [4.69, 9.17) is 20.6 Å². The van der Waals surface area contributed by atoms with Gasteiger partial charge in [0.2, 0.25) is 5.88 Å². The second-order valence-electron chi connectivity index (χ2n) is 8.72. The molecule has 0 bridgehead atoms. The third kappa shape index (κ3) is 7.95. The second kappa shape index (κ2) is 12.5. The number of nitrogens with two attached hydrogens (primary N) is 1. The largest absolute Gasteiger partial charge is 0.484 e. The molecule has 10 nitrogen and oxygen atoms in total.